The predicted molar refractivity (Wildman–Crippen MR) is 65.8 cm³/mol. The third kappa shape index (κ3) is 2.70. The van der Waals surface area contributed by atoms with Gasteiger partial charge in [-0.1, -0.05) is 46.3 Å². The fourth-order valence-electron chi connectivity index (χ4n) is 2.03. The Morgan fingerprint density at radius 2 is 2.13 bits per heavy atom. The first-order chi connectivity index (χ1) is 7.20. The van der Waals surface area contributed by atoms with E-state index in [0.717, 1.165) is 23.7 Å². The number of hydrogen-bond acceptors (Lipinski definition) is 1. The standard InChI is InChI=1S/C13H15BrO/c14-12-7-3-2-6-11(12)10-13(15)8-4-1-5-9-13/h2-4,6-8,15H,1,5,9-10H2. The van der Waals surface area contributed by atoms with Crippen LogP contribution in [0, 0.1) is 0 Å². The lowest BCUT2D eigenvalue weighted by Gasteiger charge is -2.27. The summed E-state index contributed by atoms with van der Waals surface area (Å²) in [6.07, 6.45) is 7.78. The van der Waals surface area contributed by atoms with E-state index < -0.39 is 5.60 Å². The lowest BCUT2D eigenvalue weighted by molar-refractivity contribution is 0.0749. The molecule has 1 aliphatic rings. The van der Waals surface area contributed by atoms with Crippen LogP contribution in [0.2, 0.25) is 0 Å². The lowest BCUT2D eigenvalue weighted by atomic mass is 9.85. The van der Waals surface area contributed by atoms with E-state index in [1.807, 2.05) is 24.3 Å². The third-order valence-electron chi connectivity index (χ3n) is 2.86. The van der Waals surface area contributed by atoms with Crippen LogP contribution < -0.4 is 0 Å². The van der Waals surface area contributed by atoms with Gasteiger partial charge in [0.1, 0.15) is 0 Å². The number of aliphatic hydroxyl groups is 1. The number of benzene rings is 1. The Balaban J connectivity index is 2.17. The van der Waals surface area contributed by atoms with Gasteiger partial charge in [-0.3, -0.25) is 0 Å². The monoisotopic (exact) mass is 266 g/mol. The number of rotatable bonds is 2. The number of halogens is 1. The molecule has 0 heterocycles. The van der Waals surface area contributed by atoms with Crippen molar-refractivity contribution in [1.82, 2.24) is 0 Å². The molecule has 0 spiro atoms. The molecule has 80 valence electrons. The highest BCUT2D eigenvalue weighted by Gasteiger charge is 2.26. The van der Waals surface area contributed by atoms with Crippen molar-refractivity contribution in [1.29, 1.82) is 0 Å². The molecule has 0 radical (unpaired) electrons. The van der Waals surface area contributed by atoms with Gasteiger partial charge in [-0.25, -0.2) is 0 Å². The highest BCUT2D eigenvalue weighted by molar-refractivity contribution is 9.10. The van der Waals surface area contributed by atoms with Crippen LogP contribution in [0.3, 0.4) is 0 Å². The summed E-state index contributed by atoms with van der Waals surface area (Å²) in [5, 5.41) is 10.3. The first-order valence-electron chi connectivity index (χ1n) is 5.33. The number of allylic oxidation sites excluding steroid dienone is 1. The van der Waals surface area contributed by atoms with E-state index in [0.29, 0.717) is 6.42 Å². The van der Waals surface area contributed by atoms with E-state index in [2.05, 4.69) is 28.1 Å². The zero-order valence-corrected chi connectivity index (χ0v) is 10.2. The first-order valence-corrected chi connectivity index (χ1v) is 6.12. The molecule has 0 saturated carbocycles. The Hall–Kier alpha value is -0.600. The van der Waals surface area contributed by atoms with E-state index in [9.17, 15) is 5.11 Å². The van der Waals surface area contributed by atoms with Gasteiger partial charge in [0.05, 0.1) is 5.60 Å². The smallest absolute Gasteiger partial charge is 0.0868 e. The van der Waals surface area contributed by atoms with E-state index in [1.54, 1.807) is 0 Å². The van der Waals surface area contributed by atoms with Crippen LogP contribution in [0.5, 0.6) is 0 Å². The van der Waals surface area contributed by atoms with Crippen molar-refractivity contribution in [2.24, 2.45) is 0 Å². The van der Waals surface area contributed by atoms with E-state index >= 15 is 0 Å². The van der Waals surface area contributed by atoms with Crippen molar-refractivity contribution < 1.29 is 5.11 Å². The van der Waals surface area contributed by atoms with Crippen molar-refractivity contribution >= 4 is 15.9 Å². The van der Waals surface area contributed by atoms with Crippen molar-refractivity contribution in [2.75, 3.05) is 0 Å². The van der Waals surface area contributed by atoms with Crippen molar-refractivity contribution in [2.45, 2.75) is 31.3 Å². The quantitative estimate of drug-likeness (QED) is 0.813. The van der Waals surface area contributed by atoms with Crippen LogP contribution >= 0.6 is 15.9 Å². The predicted octanol–water partition coefficient (Wildman–Crippen LogP) is 3.46. The van der Waals surface area contributed by atoms with Crippen LogP contribution in [0.4, 0.5) is 0 Å². The Labute approximate surface area is 99.0 Å². The Morgan fingerprint density at radius 3 is 2.80 bits per heavy atom. The fraction of sp³-hybridized carbons (Fsp3) is 0.385. The molecule has 2 rings (SSSR count). The van der Waals surface area contributed by atoms with Crippen LogP contribution in [0.1, 0.15) is 24.8 Å². The van der Waals surface area contributed by atoms with Gasteiger partial charge >= 0.3 is 0 Å². The van der Waals surface area contributed by atoms with E-state index in [1.165, 1.54) is 5.56 Å². The van der Waals surface area contributed by atoms with Gasteiger partial charge in [0.15, 0.2) is 0 Å². The van der Waals surface area contributed by atoms with Gasteiger partial charge in [0, 0.05) is 10.9 Å². The van der Waals surface area contributed by atoms with Crippen molar-refractivity contribution in [3.05, 3.63) is 46.5 Å². The summed E-state index contributed by atoms with van der Waals surface area (Å²) in [4.78, 5) is 0. The van der Waals surface area contributed by atoms with Gasteiger partial charge in [-0.2, -0.15) is 0 Å². The molecular formula is C13H15BrO. The molecule has 1 N–H and O–H groups in total. The first kappa shape index (κ1) is 10.9. The summed E-state index contributed by atoms with van der Waals surface area (Å²) in [6, 6.07) is 8.08. The van der Waals surface area contributed by atoms with Gasteiger partial charge < -0.3 is 5.11 Å². The molecule has 1 nitrogen and oxygen atoms in total. The third-order valence-corrected chi connectivity index (χ3v) is 3.64. The molecule has 0 aliphatic heterocycles. The van der Waals surface area contributed by atoms with Crippen molar-refractivity contribution in [3.63, 3.8) is 0 Å². The number of hydrogen-bond donors (Lipinski definition) is 1. The van der Waals surface area contributed by atoms with E-state index in [4.69, 9.17) is 0 Å². The summed E-state index contributed by atoms with van der Waals surface area (Å²) >= 11 is 3.51. The molecule has 1 aliphatic carbocycles. The molecule has 1 aromatic carbocycles. The normalized spacial score (nSPS) is 25.5. The highest BCUT2D eigenvalue weighted by Crippen LogP contribution is 2.28. The molecule has 2 heteroatoms. The summed E-state index contributed by atoms with van der Waals surface area (Å²) < 4.78 is 1.08. The maximum atomic E-state index is 10.3. The second-order valence-electron chi connectivity index (χ2n) is 4.17. The molecule has 1 aromatic rings. The van der Waals surface area contributed by atoms with Gasteiger partial charge in [0.2, 0.25) is 0 Å². The Morgan fingerprint density at radius 1 is 1.33 bits per heavy atom. The lowest BCUT2D eigenvalue weighted by Crippen LogP contribution is -2.30. The molecule has 0 fully saturated rings. The average Bonchev–Trinajstić information content (AvgIpc) is 2.22. The Bertz CT molecular complexity index is 373. The van der Waals surface area contributed by atoms with E-state index in [-0.39, 0.29) is 0 Å². The molecule has 0 amide bonds. The van der Waals surface area contributed by atoms with Gasteiger partial charge in [-0.15, -0.1) is 0 Å². The zero-order valence-electron chi connectivity index (χ0n) is 8.62. The van der Waals surface area contributed by atoms with Crippen LogP contribution in [0.15, 0.2) is 40.9 Å². The van der Waals surface area contributed by atoms with Crippen LogP contribution in [-0.2, 0) is 6.42 Å². The van der Waals surface area contributed by atoms with Gasteiger partial charge in [-0.05, 0) is 30.9 Å². The molecule has 1 atom stereocenters. The second kappa shape index (κ2) is 4.50. The zero-order chi connectivity index (χ0) is 10.7. The SMILES string of the molecule is OC1(Cc2ccccc2Br)C=CCCC1. The minimum Gasteiger partial charge on any atom is -0.385 e. The molecule has 1 unspecified atom stereocenters. The maximum absolute atomic E-state index is 10.3. The molecule has 0 aromatic heterocycles. The minimum absolute atomic E-state index is 0.637. The summed E-state index contributed by atoms with van der Waals surface area (Å²) in [7, 11) is 0. The van der Waals surface area contributed by atoms with Crippen LogP contribution in [0.25, 0.3) is 0 Å². The average molecular weight is 267 g/mol. The minimum atomic E-state index is -0.637. The maximum Gasteiger partial charge on any atom is 0.0868 e. The second-order valence-corrected chi connectivity index (χ2v) is 5.02. The summed E-state index contributed by atoms with van der Waals surface area (Å²) in [5.41, 5.74) is 0.536. The highest BCUT2D eigenvalue weighted by atomic mass is 79.9. The topological polar surface area (TPSA) is 20.2 Å². The molecule has 15 heavy (non-hydrogen) atoms. The summed E-state index contributed by atoms with van der Waals surface area (Å²) in [5.74, 6) is 0. The fourth-order valence-corrected chi connectivity index (χ4v) is 2.46. The molecular weight excluding hydrogens is 252 g/mol. The molecule has 0 bridgehead atoms. The summed E-state index contributed by atoms with van der Waals surface area (Å²) in [6.45, 7) is 0. The molecule has 0 saturated heterocycles. The van der Waals surface area contributed by atoms with Gasteiger partial charge in [0.25, 0.3) is 0 Å². The Kier molecular flexibility index (Phi) is 3.27. The van der Waals surface area contributed by atoms with Crippen molar-refractivity contribution in [3.8, 4) is 0 Å². The largest absolute Gasteiger partial charge is 0.385 e. The van der Waals surface area contributed by atoms with Crippen LogP contribution in [-0.4, -0.2) is 10.7 Å².